The molecule has 1 N–H and O–H groups in total. The number of aryl methyl sites for hydroxylation is 1. The highest BCUT2D eigenvalue weighted by Gasteiger charge is 2.15. The standard InChI is InChI=1S/C24H26ClN3.ClH/c25-23-11-9-20(10-12-23)22-17-27-28(18-22)15-5-4-8-24-16-21(13-14-26-24)19-6-2-1-3-7-19;/h1-3,6-7,9-13,17-18,24,26H,4-5,8,14-16H2;1H. The molecular formula is C24H27Cl2N3. The number of hydrogen-bond acceptors (Lipinski definition) is 2. The van der Waals surface area contributed by atoms with Crippen molar-refractivity contribution in [3.63, 3.8) is 0 Å². The second-order valence-corrected chi connectivity index (χ2v) is 7.84. The Morgan fingerprint density at radius 2 is 1.76 bits per heavy atom. The number of hydrogen-bond donors (Lipinski definition) is 1. The summed E-state index contributed by atoms with van der Waals surface area (Å²) in [5.41, 5.74) is 5.13. The van der Waals surface area contributed by atoms with Crippen LogP contribution in [0.5, 0.6) is 0 Å². The predicted octanol–water partition coefficient (Wildman–Crippen LogP) is 6.24. The second-order valence-electron chi connectivity index (χ2n) is 7.40. The van der Waals surface area contributed by atoms with E-state index in [4.69, 9.17) is 11.6 Å². The fourth-order valence-corrected chi connectivity index (χ4v) is 3.93. The Bertz CT molecular complexity index is 917. The van der Waals surface area contributed by atoms with E-state index >= 15 is 0 Å². The van der Waals surface area contributed by atoms with E-state index in [9.17, 15) is 0 Å². The molecule has 1 aliphatic rings. The Hall–Kier alpha value is -2.07. The maximum absolute atomic E-state index is 5.97. The molecule has 0 saturated heterocycles. The lowest BCUT2D eigenvalue weighted by molar-refractivity contribution is 0.456. The molecule has 3 aromatic rings. The van der Waals surface area contributed by atoms with Gasteiger partial charge in [0.25, 0.3) is 0 Å². The Morgan fingerprint density at radius 1 is 0.966 bits per heavy atom. The van der Waals surface area contributed by atoms with Gasteiger partial charge in [-0.3, -0.25) is 4.68 Å². The summed E-state index contributed by atoms with van der Waals surface area (Å²) in [5.74, 6) is 0. The molecule has 4 rings (SSSR count). The van der Waals surface area contributed by atoms with Crippen molar-refractivity contribution in [2.45, 2.75) is 38.3 Å². The van der Waals surface area contributed by atoms with Crippen LogP contribution in [-0.2, 0) is 6.54 Å². The summed E-state index contributed by atoms with van der Waals surface area (Å²) < 4.78 is 2.05. The Morgan fingerprint density at radius 3 is 2.55 bits per heavy atom. The lowest BCUT2D eigenvalue weighted by atomic mass is 9.93. The lowest BCUT2D eigenvalue weighted by Gasteiger charge is -2.24. The van der Waals surface area contributed by atoms with Crippen LogP contribution < -0.4 is 5.32 Å². The van der Waals surface area contributed by atoms with Crippen molar-refractivity contribution in [2.24, 2.45) is 0 Å². The maximum Gasteiger partial charge on any atom is 0.0568 e. The Labute approximate surface area is 184 Å². The molecule has 0 spiro atoms. The number of rotatable bonds is 7. The van der Waals surface area contributed by atoms with Crippen molar-refractivity contribution in [3.8, 4) is 11.1 Å². The number of aromatic nitrogens is 2. The van der Waals surface area contributed by atoms with Gasteiger partial charge in [0.05, 0.1) is 6.20 Å². The summed E-state index contributed by atoms with van der Waals surface area (Å²) in [6.07, 6.45) is 11.1. The lowest BCUT2D eigenvalue weighted by Crippen LogP contribution is -2.32. The van der Waals surface area contributed by atoms with E-state index in [1.807, 2.05) is 35.1 Å². The molecule has 0 bridgehead atoms. The molecule has 0 fully saturated rings. The van der Waals surface area contributed by atoms with Crippen LogP contribution in [0.4, 0.5) is 0 Å². The zero-order valence-corrected chi connectivity index (χ0v) is 18.0. The van der Waals surface area contributed by atoms with Gasteiger partial charge in [0, 0.05) is 35.9 Å². The van der Waals surface area contributed by atoms with Crippen LogP contribution in [-0.4, -0.2) is 22.4 Å². The molecule has 2 heterocycles. The molecule has 1 unspecified atom stereocenters. The first-order chi connectivity index (χ1) is 13.8. The van der Waals surface area contributed by atoms with Crippen LogP contribution in [0.2, 0.25) is 5.02 Å². The van der Waals surface area contributed by atoms with Gasteiger partial charge in [0.15, 0.2) is 0 Å². The van der Waals surface area contributed by atoms with Gasteiger partial charge < -0.3 is 5.32 Å². The van der Waals surface area contributed by atoms with E-state index in [2.05, 4.69) is 53.0 Å². The molecule has 0 radical (unpaired) electrons. The molecule has 29 heavy (non-hydrogen) atoms. The first kappa shape index (κ1) is 21.6. The summed E-state index contributed by atoms with van der Waals surface area (Å²) in [6, 6.07) is 19.2. The van der Waals surface area contributed by atoms with Gasteiger partial charge in [-0.2, -0.15) is 5.10 Å². The van der Waals surface area contributed by atoms with E-state index in [0.29, 0.717) is 6.04 Å². The molecule has 0 aliphatic carbocycles. The quantitative estimate of drug-likeness (QED) is 0.452. The normalized spacial score (nSPS) is 16.2. The third-order valence-electron chi connectivity index (χ3n) is 5.37. The van der Waals surface area contributed by atoms with Gasteiger partial charge in [0.2, 0.25) is 0 Å². The zero-order chi connectivity index (χ0) is 19.2. The maximum atomic E-state index is 5.97. The highest BCUT2D eigenvalue weighted by molar-refractivity contribution is 6.30. The van der Waals surface area contributed by atoms with Crippen molar-refractivity contribution in [2.75, 3.05) is 6.54 Å². The van der Waals surface area contributed by atoms with E-state index in [1.165, 1.54) is 24.0 Å². The predicted molar refractivity (Wildman–Crippen MR) is 125 cm³/mol. The molecule has 152 valence electrons. The molecule has 0 amide bonds. The van der Waals surface area contributed by atoms with Crippen molar-refractivity contribution >= 4 is 29.6 Å². The SMILES string of the molecule is Cl.Clc1ccc(-c2cnn(CCCCC3CC(c4ccccc4)=CCN3)c2)cc1. The number of nitrogens with zero attached hydrogens (tertiary/aromatic N) is 2. The van der Waals surface area contributed by atoms with Gasteiger partial charge >= 0.3 is 0 Å². The molecule has 3 nitrogen and oxygen atoms in total. The van der Waals surface area contributed by atoms with Crippen LogP contribution in [0.3, 0.4) is 0 Å². The van der Waals surface area contributed by atoms with Gasteiger partial charge in [-0.05, 0) is 48.1 Å². The highest BCUT2D eigenvalue weighted by atomic mass is 35.5. The fourth-order valence-electron chi connectivity index (χ4n) is 3.80. The van der Waals surface area contributed by atoms with Crippen molar-refractivity contribution in [1.82, 2.24) is 15.1 Å². The summed E-state index contributed by atoms with van der Waals surface area (Å²) >= 11 is 5.97. The first-order valence-electron chi connectivity index (χ1n) is 10.0. The van der Waals surface area contributed by atoms with Crippen LogP contribution in [0.25, 0.3) is 16.7 Å². The third kappa shape index (κ3) is 5.96. The summed E-state index contributed by atoms with van der Waals surface area (Å²) in [7, 11) is 0. The number of unbranched alkanes of at least 4 members (excludes halogenated alkanes) is 1. The molecule has 1 aliphatic heterocycles. The van der Waals surface area contributed by atoms with Crippen LogP contribution in [0, 0.1) is 0 Å². The van der Waals surface area contributed by atoms with Gasteiger partial charge in [-0.25, -0.2) is 0 Å². The van der Waals surface area contributed by atoms with Crippen molar-refractivity contribution < 1.29 is 0 Å². The van der Waals surface area contributed by atoms with Gasteiger partial charge in [0.1, 0.15) is 0 Å². The van der Waals surface area contributed by atoms with Crippen LogP contribution >= 0.6 is 24.0 Å². The Balaban J connectivity index is 0.00000240. The third-order valence-corrected chi connectivity index (χ3v) is 5.62. The minimum absolute atomic E-state index is 0. The average molecular weight is 428 g/mol. The van der Waals surface area contributed by atoms with E-state index in [0.717, 1.165) is 42.1 Å². The van der Waals surface area contributed by atoms with Gasteiger partial charge in [-0.1, -0.05) is 66.6 Å². The Kier molecular flexibility index (Phi) is 7.93. The summed E-state index contributed by atoms with van der Waals surface area (Å²) in [6.45, 7) is 1.93. The largest absolute Gasteiger partial charge is 0.310 e. The van der Waals surface area contributed by atoms with Gasteiger partial charge in [-0.15, -0.1) is 12.4 Å². The fraction of sp³-hybridized carbons (Fsp3) is 0.292. The minimum Gasteiger partial charge on any atom is -0.310 e. The molecule has 2 aromatic carbocycles. The van der Waals surface area contributed by atoms with Crippen LogP contribution in [0.1, 0.15) is 31.2 Å². The summed E-state index contributed by atoms with van der Waals surface area (Å²) in [5, 5.41) is 8.91. The molecule has 5 heteroatoms. The van der Waals surface area contributed by atoms with E-state index in [-0.39, 0.29) is 12.4 Å². The zero-order valence-electron chi connectivity index (χ0n) is 16.4. The average Bonchev–Trinajstić information content (AvgIpc) is 3.22. The summed E-state index contributed by atoms with van der Waals surface area (Å²) in [4.78, 5) is 0. The monoisotopic (exact) mass is 427 g/mol. The minimum atomic E-state index is 0. The number of halogens is 2. The second kappa shape index (κ2) is 10.6. The molecular weight excluding hydrogens is 401 g/mol. The number of nitrogens with one attached hydrogen (secondary N) is 1. The topological polar surface area (TPSA) is 29.9 Å². The molecule has 0 saturated carbocycles. The van der Waals surface area contributed by atoms with Crippen molar-refractivity contribution in [1.29, 1.82) is 0 Å². The smallest absolute Gasteiger partial charge is 0.0568 e. The molecule has 1 atom stereocenters. The van der Waals surface area contributed by atoms with E-state index < -0.39 is 0 Å². The van der Waals surface area contributed by atoms with Crippen molar-refractivity contribution in [3.05, 3.63) is 83.7 Å². The first-order valence-corrected chi connectivity index (χ1v) is 10.4. The highest BCUT2D eigenvalue weighted by Crippen LogP contribution is 2.24. The van der Waals surface area contributed by atoms with E-state index in [1.54, 1.807) is 0 Å². The number of benzene rings is 2. The van der Waals surface area contributed by atoms with Crippen LogP contribution in [0.15, 0.2) is 73.1 Å². The molecule has 1 aromatic heterocycles.